The number of nitrogens with one attached hydrogen (secondary N) is 1. The predicted octanol–water partition coefficient (Wildman–Crippen LogP) is -0.384. The summed E-state index contributed by atoms with van der Waals surface area (Å²) in [6, 6.07) is 0. The van der Waals surface area contributed by atoms with Crippen LogP contribution in [-0.2, 0) is 24.2 Å². The molecule has 23 heavy (non-hydrogen) atoms. The van der Waals surface area contributed by atoms with Gasteiger partial charge >= 0.3 is 12.1 Å². The molecule has 0 unspecified atom stereocenters. The Bertz CT molecular complexity index is 694. The quantitative estimate of drug-likeness (QED) is 0.537. The Balaban J connectivity index is 2.56. The molecular formula is C12H15F3N2O5S. The van der Waals surface area contributed by atoms with Crippen molar-refractivity contribution in [3.63, 3.8) is 0 Å². The Morgan fingerprint density at radius 2 is 1.78 bits per heavy atom. The number of fused-ring (bicyclic) bond motifs is 1. The Hall–Kier alpha value is -1.65. The molecular weight excluding hydrogens is 341 g/mol. The van der Waals surface area contributed by atoms with Crippen LogP contribution in [0.1, 0.15) is 20.8 Å². The van der Waals surface area contributed by atoms with E-state index in [0.717, 1.165) is 4.90 Å². The smallest absolute Gasteiger partial charge is 0.325 e. The number of Topliss-reactive ketones (excluding diaryl/α,β-unsaturated/α-hetero) is 1. The van der Waals surface area contributed by atoms with Gasteiger partial charge < -0.3 is 10.2 Å². The Kier molecular flexibility index (Phi) is 3.60. The van der Waals surface area contributed by atoms with Crippen LogP contribution in [0.3, 0.4) is 0 Å². The SMILES string of the molecule is CC(C)(C)C(=O)[C@]1(NC(=O)C(F)(F)F)C(=O)N2CCS(=O)(=O)[C@H]21. The summed E-state index contributed by atoms with van der Waals surface area (Å²) in [5.74, 6) is -5.18. The normalized spacial score (nSPS) is 29.7. The number of sulfone groups is 1. The van der Waals surface area contributed by atoms with E-state index in [1.165, 1.54) is 26.1 Å². The fourth-order valence-electron chi connectivity index (χ4n) is 2.85. The van der Waals surface area contributed by atoms with Crippen LogP contribution in [0.5, 0.6) is 0 Å². The van der Waals surface area contributed by atoms with Crippen LogP contribution in [0.2, 0.25) is 0 Å². The van der Waals surface area contributed by atoms with Gasteiger partial charge in [0.1, 0.15) is 0 Å². The second-order valence-corrected chi connectivity index (χ2v) is 8.74. The topological polar surface area (TPSA) is 101 Å². The number of carbonyl (C=O) groups is 3. The van der Waals surface area contributed by atoms with Gasteiger partial charge in [0.05, 0.1) is 5.75 Å². The Morgan fingerprint density at radius 1 is 1.26 bits per heavy atom. The van der Waals surface area contributed by atoms with Crippen molar-refractivity contribution >= 4 is 27.4 Å². The van der Waals surface area contributed by atoms with Gasteiger partial charge in [-0.1, -0.05) is 20.8 Å². The standard InChI is InChI=1S/C12H15F3N2O5S/c1-10(2,3)6(18)11(16-7(19)12(13,14)15)8(20)17-4-5-23(21,22)9(11)17/h9H,4-5H2,1-3H3,(H,16,19)/t9-,11-/m0/s1. The molecule has 0 spiro atoms. The second kappa shape index (κ2) is 4.68. The third-order valence-electron chi connectivity index (χ3n) is 3.82. The minimum Gasteiger partial charge on any atom is -0.325 e. The van der Waals surface area contributed by atoms with E-state index < -0.39 is 55.7 Å². The maximum atomic E-state index is 12.6. The molecule has 2 fully saturated rings. The summed E-state index contributed by atoms with van der Waals surface area (Å²) >= 11 is 0. The lowest BCUT2D eigenvalue weighted by Crippen LogP contribution is -2.84. The van der Waals surface area contributed by atoms with Crippen molar-refractivity contribution < 1.29 is 36.0 Å². The van der Waals surface area contributed by atoms with Crippen molar-refractivity contribution in [3.8, 4) is 0 Å². The third-order valence-corrected chi connectivity index (χ3v) is 5.86. The zero-order chi connectivity index (χ0) is 18.0. The fraction of sp³-hybridized carbons (Fsp3) is 0.750. The van der Waals surface area contributed by atoms with Crippen LogP contribution in [-0.4, -0.2) is 60.3 Å². The molecule has 0 aromatic carbocycles. The maximum Gasteiger partial charge on any atom is 0.471 e. The predicted molar refractivity (Wildman–Crippen MR) is 70.7 cm³/mol. The molecule has 2 aliphatic heterocycles. The summed E-state index contributed by atoms with van der Waals surface area (Å²) in [5, 5.41) is -0.422. The number of ketones is 1. The van der Waals surface area contributed by atoms with Gasteiger partial charge in [0.25, 0.3) is 5.91 Å². The molecule has 0 aromatic heterocycles. The number of alkyl halides is 3. The van der Waals surface area contributed by atoms with Crippen molar-refractivity contribution in [2.24, 2.45) is 5.41 Å². The van der Waals surface area contributed by atoms with Crippen LogP contribution in [0.4, 0.5) is 13.2 Å². The molecule has 1 N–H and O–H groups in total. The molecule has 2 aliphatic rings. The number of halogens is 3. The molecule has 0 aromatic rings. The van der Waals surface area contributed by atoms with E-state index in [1.54, 1.807) is 0 Å². The van der Waals surface area contributed by atoms with Crippen LogP contribution in [0, 0.1) is 5.41 Å². The first kappa shape index (κ1) is 17.7. The molecule has 0 saturated carbocycles. The summed E-state index contributed by atoms with van der Waals surface area (Å²) in [5.41, 5.74) is -4.06. The van der Waals surface area contributed by atoms with Crippen molar-refractivity contribution in [1.29, 1.82) is 0 Å². The molecule has 2 rings (SSSR count). The highest BCUT2D eigenvalue weighted by Gasteiger charge is 2.75. The number of carbonyl (C=O) groups excluding carboxylic acids is 3. The summed E-state index contributed by atoms with van der Waals surface area (Å²) in [4.78, 5) is 36.9. The van der Waals surface area contributed by atoms with Crippen LogP contribution >= 0.6 is 0 Å². The van der Waals surface area contributed by atoms with Gasteiger partial charge in [-0.25, -0.2) is 8.42 Å². The summed E-state index contributed by atoms with van der Waals surface area (Å²) in [6.45, 7) is 3.77. The summed E-state index contributed by atoms with van der Waals surface area (Å²) in [7, 11) is -4.02. The van der Waals surface area contributed by atoms with Crippen molar-refractivity contribution in [1.82, 2.24) is 10.2 Å². The van der Waals surface area contributed by atoms with Crippen LogP contribution in [0.25, 0.3) is 0 Å². The summed E-state index contributed by atoms with van der Waals surface area (Å²) < 4.78 is 61.8. The average Bonchev–Trinajstić information content (AvgIpc) is 2.65. The number of hydrogen-bond acceptors (Lipinski definition) is 5. The van der Waals surface area contributed by atoms with Gasteiger partial charge in [-0.15, -0.1) is 0 Å². The van der Waals surface area contributed by atoms with Gasteiger partial charge in [0, 0.05) is 12.0 Å². The lowest BCUT2D eigenvalue weighted by Gasteiger charge is -2.52. The average molecular weight is 356 g/mol. The van der Waals surface area contributed by atoms with Gasteiger partial charge in [0.15, 0.2) is 21.0 Å². The van der Waals surface area contributed by atoms with E-state index in [-0.39, 0.29) is 6.54 Å². The highest BCUT2D eigenvalue weighted by molar-refractivity contribution is 7.92. The van der Waals surface area contributed by atoms with Crippen molar-refractivity contribution in [2.75, 3.05) is 12.3 Å². The second-order valence-electron chi connectivity index (χ2n) is 6.56. The minimum absolute atomic E-state index is 0.215. The Morgan fingerprint density at radius 3 is 2.22 bits per heavy atom. The molecule has 0 radical (unpaired) electrons. The van der Waals surface area contributed by atoms with Gasteiger partial charge in [-0.2, -0.15) is 13.2 Å². The van der Waals surface area contributed by atoms with E-state index in [4.69, 9.17) is 0 Å². The van der Waals surface area contributed by atoms with Gasteiger partial charge in [-0.3, -0.25) is 14.4 Å². The van der Waals surface area contributed by atoms with E-state index in [2.05, 4.69) is 0 Å². The lowest BCUT2D eigenvalue weighted by atomic mass is 9.72. The number of nitrogens with zero attached hydrogens (tertiary/aromatic N) is 1. The number of hydrogen-bond donors (Lipinski definition) is 1. The van der Waals surface area contributed by atoms with Crippen molar-refractivity contribution in [3.05, 3.63) is 0 Å². The zero-order valence-corrected chi connectivity index (χ0v) is 13.3. The van der Waals surface area contributed by atoms with Crippen LogP contribution < -0.4 is 5.32 Å². The minimum atomic E-state index is -5.35. The highest BCUT2D eigenvalue weighted by Crippen LogP contribution is 2.43. The molecule has 7 nitrogen and oxygen atoms in total. The third kappa shape index (κ3) is 2.41. The molecule has 11 heteroatoms. The molecule has 0 bridgehead atoms. The molecule has 2 saturated heterocycles. The van der Waals surface area contributed by atoms with Crippen LogP contribution in [0.15, 0.2) is 0 Å². The number of β-lactam (4-membered cyclic amide) rings is 1. The van der Waals surface area contributed by atoms with E-state index in [1.807, 2.05) is 0 Å². The number of rotatable bonds is 2. The molecule has 0 aliphatic carbocycles. The first-order valence-corrected chi connectivity index (χ1v) is 8.34. The monoisotopic (exact) mass is 356 g/mol. The largest absolute Gasteiger partial charge is 0.471 e. The van der Waals surface area contributed by atoms with Gasteiger partial charge in [-0.05, 0) is 0 Å². The van der Waals surface area contributed by atoms with E-state index in [9.17, 15) is 36.0 Å². The lowest BCUT2D eigenvalue weighted by molar-refractivity contribution is -0.183. The first-order valence-electron chi connectivity index (χ1n) is 6.62. The number of amides is 2. The zero-order valence-electron chi connectivity index (χ0n) is 12.5. The summed E-state index contributed by atoms with van der Waals surface area (Å²) in [6.07, 6.45) is -5.35. The molecule has 2 atom stereocenters. The molecule has 2 heterocycles. The van der Waals surface area contributed by atoms with E-state index in [0.29, 0.717) is 0 Å². The molecule has 2 amide bonds. The van der Waals surface area contributed by atoms with Gasteiger partial charge in [0.2, 0.25) is 5.54 Å². The Labute approximate surface area is 130 Å². The first-order chi connectivity index (χ1) is 10.2. The molecule has 130 valence electrons. The maximum absolute atomic E-state index is 12.6. The highest BCUT2D eigenvalue weighted by atomic mass is 32.2. The van der Waals surface area contributed by atoms with Crippen molar-refractivity contribution in [2.45, 2.75) is 37.9 Å². The fourth-order valence-corrected chi connectivity index (χ4v) is 4.92. The van der Waals surface area contributed by atoms with E-state index >= 15 is 0 Å².